The first kappa shape index (κ1) is 8.28. The van der Waals surface area contributed by atoms with Crippen molar-refractivity contribution in [3.63, 3.8) is 0 Å². The molecule has 0 aliphatic heterocycles. The molecule has 1 heteroatoms. The molecular formula is C11H18O. The van der Waals surface area contributed by atoms with Crippen molar-refractivity contribution in [2.45, 2.75) is 45.4 Å². The van der Waals surface area contributed by atoms with Crippen LogP contribution in [0.3, 0.4) is 0 Å². The van der Waals surface area contributed by atoms with E-state index in [0.29, 0.717) is 11.7 Å². The third kappa shape index (κ3) is 1.41. The maximum Gasteiger partial charge on any atom is 0.136 e. The van der Waals surface area contributed by atoms with Crippen LogP contribution in [0.15, 0.2) is 0 Å². The molecule has 2 rings (SSSR count). The number of ketones is 1. The Balaban J connectivity index is 2.05. The van der Waals surface area contributed by atoms with Gasteiger partial charge in [-0.2, -0.15) is 0 Å². The monoisotopic (exact) mass is 166 g/mol. The number of fused-ring (bicyclic) bond motifs is 1. The lowest BCUT2D eigenvalue weighted by Gasteiger charge is -2.37. The first-order valence-corrected chi connectivity index (χ1v) is 5.30. The third-order valence-corrected chi connectivity index (χ3v) is 3.67. The lowest BCUT2D eigenvalue weighted by atomic mass is 9.67. The summed E-state index contributed by atoms with van der Waals surface area (Å²) in [7, 11) is 0. The maximum atomic E-state index is 11.6. The molecule has 2 aliphatic carbocycles. The molecule has 0 radical (unpaired) electrons. The van der Waals surface area contributed by atoms with Gasteiger partial charge in [-0.05, 0) is 37.5 Å². The molecule has 2 saturated carbocycles. The van der Waals surface area contributed by atoms with E-state index in [0.717, 1.165) is 24.7 Å². The molecule has 68 valence electrons. The number of hydrogen-bond acceptors (Lipinski definition) is 1. The van der Waals surface area contributed by atoms with Crippen LogP contribution in [0.25, 0.3) is 0 Å². The van der Waals surface area contributed by atoms with Crippen molar-refractivity contribution in [3.8, 4) is 0 Å². The van der Waals surface area contributed by atoms with Crippen LogP contribution in [-0.4, -0.2) is 5.78 Å². The summed E-state index contributed by atoms with van der Waals surface area (Å²) in [5, 5.41) is 0. The normalized spacial score (nSPS) is 42.4. The van der Waals surface area contributed by atoms with E-state index >= 15 is 0 Å². The summed E-state index contributed by atoms with van der Waals surface area (Å²) in [6.45, 7) is 2.29. The van der Waals surface area contributed by atoms with Gasteiger partial charge in [0.05, 0.1) is 0 Å². The summed E-state index contributed by atoms with van der Waals surface area (Å²) >= 11 is 0. The molecule has 0 aromatic heterocycles. The predicted octanol–water partition coefficient (Wildman–Crippen LogP) is 2.79. The van der Waals surface area contributed by atoms with Crippen LogP contribution >= 0.6 is 0 Å². The van der Waals surface area contributed by atoms with Gasteiger partial charge in [0, 0.05) is 12.3 Å². The summed E-state index contributed by atoms with van der Waals surface area (Å²) in [6, 6.07) is 0. The van der Waals surface area contributed by atoms with Crippen molar-refractivity contribution >= 4 is 5.78 Å². The van der Waals surface area contributed by atoms with Gasteiger partial charge in [-0.3, -0.25) is 4.79 Å². The summed E-state index contributed by atoms with van der Waals surface area (Å²) in [5.74, 6) is 2.59. The molecule has 0 bridgehead atoms. The molecule has 0 unspecified atom stereocenters. The van der Waals surface area contributed by atoms with Crippen molar-refractivity contribution in [1.29, 1.82) is 0 Å². The minimum Gasteiger partial charge on any atom is -0.299 e. The maximum absolute atomic E-state index is 11.6. The number of hydrogen-bond donors (Lipinski definition) is 0. The zero-order chi connectivity index (χ0) is 8.55. The van der Waals surface area contributed by atoms with Crippen molar-refractivity contribution < 1.29 is 4.79 Å². The summed E-state index contributed by atoms with van der Waals surface area (Å²) in [5.41, 5.74) is 0. The van der Waals surface area contributed by atoms with Gasteiger partial charge < -0.3 is 0 Å². The van der Waals surface area contributed by atoms with Crippen molar-refractivity contribution in [1.82, 2.24) is 0 Å². The summed E-state index contributed by atoms with van der Waals surface area (Å²) < 4.78 is 0. The van der Waals surface area contributed by atoms with E-state index in [4.69, 9.17) is 0 Å². The molecule has 0 amide bonds. The fraction of sp³-hybridized carbons (Fsp3) is 0.909. The number of Topliss-reactive ketones (excluding diaryl/α,β-unsaturated/α-hetero) is 1. The highest BCUT2D eigenvalue weighted by atomic mass is 16.1. The Hall–Kier alpha value is -0.330. The van der Waals surface area contributed by atoms with Gasteiger partial charge in [0.15, 0.2) is 0 Å². The summed E-state index contributed by atoms with van der Waals surface area (Å²) in [6.07, 6.45) is 7.21. The first-order chi connectivity index (χ1) is 5.77. The Labute approximate surface area is 74.5 Å². The average Bonchev–Trinajstić information content (AvgIpc) is 2.07. The van der Waals surface area contributed by atoms with Crippen molar-refractivity contribution in [2.24, 2.45) is 17.8 Å². The number of rotatable bonds is 0. The minimum absolute atomic E-state index is 0.461. The van der Waals surface area contributed by atoms with E-state index in [9.17, 15) is 4.79 Å². The fourth-order valence-corrected chi connectivity index (χ4v) is 2.91. The predicted molar refractivity (Wildman–Crippen MR) is 48.9 cm³/mol. The summed E-state index contributed by atoms with van der Waals surface area (Å²) in [4.78, 5) is 11.6. The van der Waals surface area contributed by atoms with Gasteiger partial charge in [0.2, 0.25) is 0 Å². The van der Waals surface area contributed by atoms with Gasteiger partial charge in [0.1, 0.15) is 5.78 Å². The van der Waals surface area contributed by atoms with Crippen LogP contribution in [0.2, 0.25) is 0 Å². The molecular weight excluding hydrogens is 148 g/mol. The second-order valence-corrected chi connectivity index (χ2v) is 4.64. The Morgan fingerprint density at radius 3 is 2.92 bits per heavy atom. The first-order valence-electron chi connectivity index (χ1n) is 5.30. The molecule has 1 nitrogen and oxygen atoms in total. The second-order valence-electron chi connectivity index (χ2n) is 4.64. The minimum atomic E-state index is 0.461. The van der Waals surface area contributed by atoms with Crippen molar-refractivity contribution in [2.75, 3.05) is 0 Å². The molecule has 12 heavy (non-hydrogen) atoms. The molecule has 0 N–H and O–H groups in total. The van der Waals surface area contributed by atoms with Crippen LogP contribution in [-0.2, 0) is 4.79 Å². The van der Waals surface area contributed by atoms with E-state index in [-0.39, 0.29) is 0 Å². The lowest BCUT2D eigenvalue weighted by Crippen LogP contribution is -2.33. The lowest BCUT2D eigenvalue weighted by molar-refractivity contribution is -0.128. The Morgan fingerprint density at radius 2 is 2.08 bits per heavy atom. The molecule has 2 fully saturated rings. The van der Waals surface area contributed by atoms with Gasteiger partial charge in [0.25, 0.3) is 0 Å². The quantitative estimate of drug-likeness (QED) is 0.541. The van der Waals surface area contributed by atoms with Crippen LogP contribution in [0.1, 0.15) is 45.4 Å². The second kappa shape index (κ2) is 3.20. The molecule has 0 saturated heterocycles. The Bertz CT molecular complexity index is 185. The SMILES string of the molecule is C[C@H]1CC[C@H]2CCCC(=O)[C@H]2C1. The number of carbonyl (C=O) groups excluding carboxylic acids is 1. The highest BCUT2D eigenvalue weighted by Crippen LogP contribution is 2.40. The smallest absolute Gasteiger partial charge is 0.136 e. The van der Waals surface area contributed by atoms with E-state index in [1.165, 1.54) is 25.7 Å². The van der Waals surface area contributed by atoms with Crippen molar-refractivity contribution in [3.05, 3.63) is 0 Å². The zero-order valence-electron chi connectivity index (χ0n) is 7.88. The van der Waals surface area contributed by atoms with Gasteiger partial charge in [-0.15, -0.1) is 0 Å². The number of carbonyl (C=O) groups is 1. The van der Waals surface area contributed by atoms with Crippen LogP contribution < -0.4 is 0 Å². The topological polar surface area (TPSA) is 17.1 Å². The van der Waals surface area contributed by atoms with Gasteiger partial charge in [-0.25, -0.2) is 0 Å². The average molecular weight is 166 g/mol. The van der Waals surface area contributed by atoms with E-state index < -0.39 is 0 Å². The van der Waals surface area contributed by atoms with Crippen LogP contribution in [0, 0.1) is 17.8 Å². The Kier molecular flexibility index (Phi) is 2.20. The molecule has 3 atom stereocenters. The largest absolute Gasteiger partial charge is 0.299 e. The Morgan fingerprint density at radius 1 is 1.25 bits per heavy atom. The van der Waals surface area contributed by atoms with Gasteiger partial charge in [-0.1, -0.05) is 13.3 Å². The molecule has 0 aromatic carbocycles. The van der Waals surface area contributed by atoms with E-state index in [2.05, 4.69) is 6.92 Å². The standard InChI is InChI=1S/C11H18O/c1-8-5-6-9-3-2-4-11(12)10(9)7-8/h8-10H,2-7H2,1H3/t8-,9+,10-/m0/s1. The molecule has 0 aromatic rings. The fourth-order valence-electron chi connectivity index (χ4n) is 2.91. The molecule has 0 spiro atoms. The highest BCUT2D eigenvalue weighted by molar-refractivity contribution is 5.82. The third-order valence-electron chi connectivity index (χ3n) is 3.67. The van der Waals surface area contributed by atoms with E-state index in [1.807, 2.05) is 0 Å². The molecule has 0 heterocycles. The zero-order valence-corrected chi connectivity index (χ0v) is 7.88. The molecule has 2 aliphatic rings. The van der Waals surface area contributed by atoms with Gasteiger partial charge >= 0.3 is 0 Å². The van der Waals surface area contributed by atoms with Crippen LogP contribution in [0.4, 0.5) is 0 Å². The van der Waals surface area contributed by atoms with Crippen LogP contribution in [0.5, 0.6) is 0 Å². The van der Waals surface area contributed by atoms with E-state index in [1.54, 1.807) is 0 Å². The highest BCUT2D eigenvalue weighted by Gasteiger charge is 2.35.